The van der Waals surface area contributed by atoms with Crippen LogP contribution in [0.4, 0.5) is 0 Å². The third kappa shape index (κ3) is 69.8. The predicted octanol–water partition coefficient (Wildman–Crippen LogP) is 23.5. The molecule has 0 aromatic rings. The SMILES string of the molecule is CCCCCCCCCCCCCCCCCCC(=O)OC[C@H](COP(=O)(O)OC[C@@H](O)COP(=O)(O)OC[C@@H](COC(=O)CCCCCCCCC(C)CC)OC(=O)CCCCCCCCCCCCCCCC)OC(=O)CCCCCCCCCCCCCCCCC(C)CC. The van der Waals surface area contributed by atoms with Crippen molar-refractivity contribution in [3.8, 4) is 0 Å². The first-order valence-electron chi connectivity index (χ1n) is 41.1. The standard InChI is InChI=1S/C79H154O17P2/c1-7-11-13-15-17-19-21-23-25-26-31-34-38-42-49-55-61-76(81)89-67-74(95-78(83)64-58-52-44-40-36-32-28-27-29-33-37-41-47-53-59-71(5)9-3)69-93-97(85,86)91-65-73(80)66-92-98(87,88)94-70-75(68-90-77(82)62-56-50-46-45-48-54-60-72(6)10-4)96-79(84)63-57-51-43-39-35-30-24-22-20-18-16-14-12-8-2/h71-75,80H,7-70H2,1-6H3,(H,85,86)(H,87,88)/t71?,72?,73-,74-,75-/m1/s1. The van der Waals surface area contributed by atoms with Crippen molar-refractivity contribution < 1.29 is 80.2 Å². The smallest absolute Gasteiger partial charge is 0.462 e. The average molecular weight is 1440 g/mol. The number of carbonyl (C=O) groups excluding carboxylic acids is 4. The first kappa shape index (κ1) is 96.1. The molecule has 582 valence electrons. The van der Waals surface area contributed by atoms with E-state index in [9.17, 15) is 43.2 Å². The first-order valence-corrected chi connectivity index (χ1v) is 44.1. The lowest BCUT2D eigenvalue weighted by Crippen LogP contribution is -2.30. The van der Waals surface area contributed by atoms with Crippen LogP contribution in [-0.2, 0) is 65.4 Å². The van der Waals surface area contributed by atoms with Gasteiger partial charge in [0, 0.05) is 25.7 Å². The Bertz CT molecular complexity index is 1890. The second kappa shape index (κ2) is 70.7. The number of phosphoric acid groups is 2. The van der Waals surface area contributed by atoms with Crippen LogP contribution >= 0.6 is 15.6 Å². The van der Waals surface area contributed by atoms with Crippen LogP contribution < -0.4 is 0 Å². The zero-order valence-electron chi connectivity index (χ0n) is 64.1. The molecule has 0 aliphatic heterocycles. The maximum absolute atomic E-state index is 13.1. The lowest BCUT2D eigenvalue weighted by Gasteiger charge is -2.21. The normalized spacial score (nSPS) is 14.5. The van der Waals surface area contributed by atoms with Crippen molar-refractivity contribution in [2.75, 3.05) is 39.6 Å². The van der Waals surface area contributed by atoms with Crippen molar-refractivity contribution in [3.63, 3.8) is 0 Å². The van der Waals surface area contributed by atoms with E-state index in [4.69, 9.17) is 37.0 Å². The number of aliphatic hydroxyl groups is 1. The van der Waals surface area contributed by atoms with E-state index in [1.54, 1.807) is 0 Å². The van der Waals surface area contributed by atoms with Gasteiger partial charge >= 0.3 is 39.5 Å². The molecule has 0 spiro atoms. The van der Waals surface area contributed by atoms with E-state index in [1.165, 1.54) is 225 Å². The van der Waals surface area contributed by atoms with Gasteiger partial charge in [0.25, 0.3) is 0 Å². The quantitative estimate of drug-likeness (QED) is 0.0222. The van der Waals surface area contributed by atoms with Gasteiger partial charge < -0.3 is 33.8 Å². The lowest BCUT2D eigenvalue weighted by atomic mass is 9.99. The Hall–Kier alpha value is -1.94. The van der Waals surface area contributed by atoms with Crippen molar-refractivity contribution in [2.45, 2.75) is 432 Å². The summed E-state index contributed by atoms with van der Waals surface area (Å²) in [4.78, 5) is 73.0. The molecule has 0 rings (SSSR count). The van der Waals surface area contributed by atoms with E-state index in [0.717, 1.165) is 108 Å². The highest BCUT2D eigenvalue weighted by Crippen LogP contribution is 2.45. The highest BCUT2D eigenvalue weighted by Gasteiger charge is 2.30. The molecular formula is C79H154O17P2. The van der Waals surface area contributed by atoms with Gasteiger partial charge in [-0.05, 0) is 37.5 Å². The summed E-state index contributed by atoms with van der Waals surface area (Å²) in [6, 6.07) is 0. The van der Waals surface area contributed by atoms with Gasteiger partial charge in [0.15, 0.2) is 12.2 Å². The zero-order valence-corrected chi connectivity index (χ0v) is 65.9. The van der Waals surface area contributed by atoms with Crippen molar-refractivity contribution in [3.05, 3.63) is 0 Å². The Kier molecular flexibility index (Phi) is 69.3. The van der Waals surface area contributed by atoms with E-state index < -0.39 is 97.5 Å². The molecule has 0 radical (unpaired) electrons. The second-order valence-electron chi connectivity index (χ2n) is 28.9. The third-order valence-corrected chi connectivity index (χ3v) is 21.1. The van der Waals surface area contributed by atoms with Crippen LogP contribution in [0.2, 0.25) is 0 Å². The average Bonchev–Trinajstić information content (AvgIpc) is 1.18. The molecule has 17 nitrogen and oxygen atoms in total. The fourth-order valence-corrected chi connectivity index (χ4v) is 13.7. The lowest BCUT2D eigenvalue weighted by molar-refractivity contribution is -0.161. The van der Waals surface area contributed by atoms with Crippen molar-refractivity contribution in [1.82, 2.24) is 0 Å². The van der Waals surface area contributed by atoms with Crippen LogP contribution in [0, 0.1) is 11.8 Å². The summed E-state index contributed by atoms with van der Waals surface area (Å²) in [7, 11) is -9.92. The van der Waals surface area contributed by atoms with Gasteiger partial charge in [-0.1, -0.05) is 363 Å². The summed E-state index contributed by atoms with van der Waals surface area (Å²) in [5.74, 6) is -0.533. The van der Waals surface area contributed by atoms with Crippen LogP contribution in [0.15, 0.2) is 0 Å². The molecule has 0 heterocycles. The molecule has 0 amide bonds. The number of unbranched alkanes of at least 4 members (excludes halogenated alkanes) is 46. The van der Waals surface area contributed by atoms with Gasteiger partial charge in [0.05, 0.1) is 26.4 Å². The Morgan fingerprint density at radius 2 is 0.490 bits per heavy atom. The van der Waals surface area contributed by atoms with Crippen LogP contribution in [0.3, 0.4) is 0 Å². The van der Waals surface area contributed by atoms with Gasteiger partial charge in [-0.25, -0.2) is 9.13 Å². The van der Waals surface area contributed by atoms with Crippen molar-refractivity contribution >= 4 is 39.5 Å². The first-order chi connectivity index (χ1) is 47.4. The van der Waals surface area contributed by atoms with E-state index in [0.29, 0.717) is 25.7 Å². The third-order valence-electron chi connectivity index (χ3n) is 19.2. The molecule has 0 aromatic carbocycles. The molecule has 0 aromatic heterocycles. The van der Waals surface area contributed by atoms with Crippen LogP contribution in [0.5, 0.6) is 0 Å². The van der Waals surface area contributed by atoms with Gasteiger partial charge in [-0.15, -0.1) is 0 Å². The van der Waals surface area contributed by atoms with E-state index in [-0.39, 0.29) is 25.7 Å². The summed E-state index contributed by atoms with van der Waals surface area (Å²) in [6.07, 6.45) is 59.5. The molecule has 19 heteroatoms. The molecule has 0 saturated carbocycles. The maximum Gasteiger partial charge on any atom is 0.472 e. The Balaban J connectivity index is 5.25. The molecule has 0 bridgehead atoms. The highest BCUT2D eigenvalue weighted by molar-refractivity contribution is 7.47. The highest BCUT2D eigenvalue weighted by atomic mass is 31.2. The minimum Gasteiger partial charge on any atom is -0.462 e. The summed E-state index contributed by atoms with van der Waals surface area (Å²) in [6.45, 7) is 9.64. The van der Waals surface area contributed by atoms with E-state index in [1.807, 2.05) is 0 Å². The van der Waals surface area contributed by atoms with Gasteiger partial charge in [0.1, 0.15) is 19.3 Å². The summed E-state index contributed by atoms with van der Waals surface area (Å²) >= 11 is 0. The van der Waals surface area contributed by atoms with Gasteiger partial charge in [-0.2, -0.15) is 0 Å². The Morgan fingerprint density at radius 3 is 0.724 bits per heavy atom. The largest absolute Gasteiger partial charge is 0.472 e. The number of esters is 4. The van der Waals surface area contributed by atoms with Crippen LogP contribution in [-0.4, -0.2) is 96.7 Å². The van der Waals surface area contributed by atoms with Crippen LogP contribution in [0.1, 0.15) is 414 Å². The maximum atomic E-state index is 13.1. The van der Waals surface area contributed by atoms with Gasteiger partial charge in [-0.3, -0.25) is 37.3 Å². The fraction of sp³-hybridized carbons (Fsp3) is 0.949. The molecule has 98 heavy (non-hydrogen) atoms. The van der Waals surface area contributed by atoms with Crippen molar-refractivity contribution in [2.24, 2.45) is 11.8 Å². The molecule has 0 fully saturated rings. The van der Waals surface area contributed by atoms with E-state index in [2.05, 4.69) is 41.5 Å². The second-order valence-corrected chi connectivity index (χ2v) is 31.8. The van der Waals surface area contributed by atoms with Crippen molar-refractivity contribution in [1.29, 1.82) is 0 Å². The molecule has 0 aliphatic rings. The number of ether oxygens (including phenoxy) is 4. The molecule has 0 aliphatic carbocycles. The number of rotatable bonds is 78. The molecule has 3 N–H and O–H groups in total. The molecule has 7 atom stereocenters. The number of aliphatic hydroxyl groups excluding tert-OH is 1. The van der Waals surface area contributed by atoms with Gasteiger partial charge in [0.2, 0.25) is 0 Å². The molecule has 0 saturated heterocycles. The summed E-state index contributed by atoms with van der Waals surface area (Å²) in [5.41, 5.74) is 0. The minimum absolute atomic E-state index is 0.107. The topological polar surface area (TPSA) is 237 Å². The summed E-state index contributed by atoms with van der Waals surface area (Å²) in [5, 5.41) is 10.6. The molecule has 4 unspecified atom stereocenters. The fourth-order valence-electron chi connectivity index (χ4n) is 12.1. The Morgan fingerprint density at radius 1 is 0.286 bits per heavy atom. The minimum atomic E-state index is -4.96. The number of carbonyl (C=O) groups is 4. The number of phosphoric ester groups is 2. The monoisotopic (exact) mass is 1440 g/mol. The predicted molar refractivity (Wildman–Crippen MR) is 400 cm³/mol. The zero-order chi connectivity index (χ0) is 72.1. The number of hydrogen-bond acceptors (Lipinski definition) is 15. The Labute approximate surface area is 600 Å². The van der Waals surface area contributed by atoms with Crippen LogP contribution in [0.25, 0.3) is 0 Å². The van der Waals surface area contributed by atoms with E-state index >= 15 is 0 Å². The number of hydrogen-bond donors (Lipinski definition) is 3. The summed E-state index contributed by atoms with van der Waals surface area (Å²) < 4.78 is 68.7. The molecular weight excluding hydrogens is 1280 g/mol.